The smallest absolute Gasteiger partial charge is 0.124 e. The molecule has 0 aliphatic rings. The molecule has 0 heterocycles. The molecule has 0 bridgehead atoms. The van der Waals surface area contributed by atoms with Crippen molar-refractivity contribution in [3.63, 3.8) is 0 Å². The summed E-state index contributed by atoms with van der Waals surface area (Å²) in [7, 11) is 0. The molecule has 2 unspecified atom stereocenters. The van der Waals surface area contributed by atoms with Gasteiger partial charge in [0.2, 0.25) is 0 Å². The van der Waals surface area contributed by atoms with Crippen molar-refractivity contribution < 1.29 is 9.84 Å². The number of hydrogen-bond donors (Lipinski definition) is 2. The van der Waals surface area contributed by atoms with Gasteiger partial charge in [0.05, 0.1) is 6.10 Å². The van der Waals surface area contributed by atoms with E-state index >= 15 is 0 Å². The fraction of sp³-hybridized carbons (Fsp3) is 0.571. The second-order valence-electron chi connectivity index (χ2n) is 4.46. The summed E-state index contributed by atoms with van der Waals surface area (Å²) >= 11 is 0. The van der Waals surface area contributed by atoms with Gasteiger partial charge in [-0.2, -0.15) is 0 Å². The van der Waals surface area contributed by atoms with E-state index < -0.39 is 6.10 Å². The summed E-state index contributed by atoms with van der Waals surface area (Å²) in [5.41, 5.74) is 2.36. The zero-order valence-electron chi connectivity index (χ0n) is 11.2. The van der Waals surface area contributed by atoms with Crippen LogP contribution in [0.1, 0.15) is 31.9 Å². The van der Waals surface area contributed by atoms with Crippen LogP contribution in [0.3, 0.4) is 0 Å². The Bertz CT molecular complexity index is 350. The Morgan fingerprint density at radius 1 is 1.35 bits per heavy atom. The molecule has 0 aliphatic heterocycles. The Balaban J connectivity index is 2.82. The summed E-state index contributed by atoms with van der Waals surface area (Å²) in [5.74, 6) is 0.852. The summed E-state index contributed by atoms with van der Waals surface area (Å²) in [6.45, 7) is 9.48. The van der Waals surface area contributed by atoms with Crippen molar-refractivity contribution in [3.05, 3.63) is 29.3 Å². The summed E-state index contributed by atoms with van der Waals surface area (Å²) in [6, 6.07) is 6.12. The molecule has 1 aromatic rings. The fourth-order valence-corrected chi connectivity index (χ4v) is 1.52. The number of ether oxygens (including phenoxy) is 1. The highest BCUT2D eigenvalue weighted by Gasteiger charge is 2.12. The van der Waals surface area contributed by atoms with Gasteiger partial charge in [-0.3, -0.25) is 0 Å². The minimum atomic E-state index is -0.469. The second kappa shape index (κ2) is 6.62. The fourth-order valence-electron chi connectivity index (χ4n) is 1.52. The second-order valence-corrected chi connectivity index (χ2v) is 4.46. The van der Waals surface area contributed by atoms with Crippen LogP contribution in [0.5, 0.6) is 5.75 Å². The van der Waals surface area contributed by atoms with Crippen molar-refractivity contribution in [2.24, 2.45) is 0 Å². The lowest BCUT2D eigenvalue weighted by molar-refractivity contribution is 0.0597. The lowest BCUT2D eigenvalue weighted by Crippen LogP contribution is -2.26. The van der Waals surface area contributed by atoms with Gasteiger partial charge >= 0.3 is 0 Å². The summed E-state index contributed by atoms with van der Waals surface area (Å²) in [6.07, 6.45) is -0.665. The lowest BCUT2D eigenvalue weighted by Gasteiger charge is -2.20. The van der Waals surface area contributed by atoms with Crippen LogP contribution in [0.4, 0.5) is 0 Å². The first-order chi connectivity index (χ1) is 8.04. The molecule has 0 radical (unpaired) electrons. The predicted molar refractivity (Wildman–Crippen MR) is 70.3 cm³/mol. The van der Waals surface area contributed by atoms with Gasteiger partial charge in [0.25, 0.3) is 0 Å². The maximum Gasteiger partial charge on any atom is 0.124 e. The first-order valence-corrected chi connectivity index (χ1v) is 6.19. The highest BCUT2D eigenvalue weighted by Crippen LogP contribution is 2.21. The molecule has 0 aromatic heterocycles. The quantitative estimate of drug-likeness (QED) is 0.797. The van der Waals surface area contributed by atoms with Crippen LogP contribution in [0.25, 0.3) is 0 Å². The van der Waals surface area contributed by atoms with Gasteiger partial charge in [0, 0.05) is 12.1 Å². The normalized spacial score (nSPS) is 14.4. The third kappa shape index (κ3) is 4.36. The summed E-state index contributed by atoms with van der Waals surface area (Å²) in [4.78, 5) is 0. The molecule has 2 N–H and O–H groups in total. The molecular formula is C14H23NO2. The van der Waals surface area contributed by atoms with Crippen molar-refractivity contribution in [3.8, 4) is 5.75 Å². The molecule has 0 saturated heterocycles. The van der Waals surface area contributed by atoms with Crippen LogP contribution in [0.15, 0.2) is 18.2 Å². The van der Waals surface area contributed by atoms with E-state index in [1.807, 2.05) is 19.1 Å². The van der Waals surface area contributed by atoms with Crippen molar-refractivity contribution >= 4 is 0 Å². The van der Waals surface area contributed by atoms with Gasteiger partial charge in [-0.15, -0.1) is 0 Å². The van der Waals surface area contributed by atoms with Gasteiger partial charge in [-0.25, -0.2) is 0 Å². The molecule has 0 amide bonds. The lowest BCUT2D eigenvalue weighted by atomic mass is 10.1. The van der Waals surface area contributed by atoms with Crippen LogP contribution < -0.4 is 10.1 Å². The molecule has 17 heavy (non-hydrogen) atoms. The van der Waals surface area contributed by atoms with Gasteiger partial charge in [0.1, 0.15) is 11.9 Å². The minimum absolute atomic E-state index is 0.196. The number of aliphatic hydroxyl groups is 1. The highest BCUT2D eigenvalue weighted by atomic mass is 16.5. The molecule has 0 spiro atoms. The van der Waals surface area contributed by atoms with Crippen molar-refractivity contribution in [1.29, 1.82) is 0 Å². The molecule has 1 aromatic carbocycles. The number of rotatable bonds is 6. The topological polar surface area (TPSA) is 41.5 Å². The average molecular weight is 237 g/mol. The molecule has 96 valence electrons. The van der Waals surface area contributed by atoms with E-state index in [2.05, 4.69) is 25.2 Å². The molecule has 0 aliphatic carbocycles. The number of nitrogens with one attached hydrogen (secondary N) is 1. The highest BCUT2D eigenvalue weighted by molar-refractivity contribution is 5.37. The first kappa shape index (κ1) is 14.0. The number of hydrogen-bond acceptors (Lipinski definition) is 3. The molecule has 0 fully saturated rings. The maximum atomic E-state index is 9.46. The van der Waals surface area contributed by atoms with Crippen LogP contribution in [0.2, 0.25) is 0 Å². The maximum absolute atomic E-state index is 9.46. The summed E-state index contributed by atoms with van der Waals surface area (Å²) < 4.78 is 5.77. The van der Waals surface area contributed by atoms with Crippen LogP contribution in [-0.2, 0) is 6.54 Å². The molecule has 1 rings (SSSR count). The predicted octanol–water partition coefficient (Wildman–Crippen LogP) is 2.25. The van der Waals surface area contributed by atoms with E-state index in [1.165, 1.54) is 5.56 Å². The van der Waals surface area contributed by atoms with Gasteiger partial charge in [-0.05, 0) is 33.4 Å². The molecular weight excluding hydrogens is 214 g/mol. The molecule has 0 saturated carbocycles. The molecule has 3 nitrogen and oxygen atoms in total. The van der Waals surface area contributed by atoms with E-state index in [9.17, 15) is 5.11 Å². The van der Waals surface area contributed by atoms with Crippen molar-refractivity contribution in [1.82, 2.24) is 5.32 Å². The standard InChI is InChI=1S/C14H23NO2/c1-5-15-9-13-8-10(2)6-7-14(13)17-12(4)11(3)16/h6-8,11-12,15-16H,5,9H2,1-4H3. The monoisotopic (exact) mass is 237 g/mol. The van der Waals surface area contributed by atoms with Crippen LogP contribution >= 0.6 is 0 Å². The Hall–Kier alpha value is -1.06. The van der Waals surface area contributed by atoms with E-state index in [0.29, 0.717) is 0 Å². The van der Waals surface area contributed by atoms with E-state index in [1.54, 1.807) is 6.92 Å². The molecule has 3 heteroatoms. The van der Waals surface area contributed by atoms with Crippen LogP contribution in [-0.4, -0.2) is 23.9 Å². The molecule has 2 atom stereocenters. The van der Waals surface area contributed by atoms with Gasteiger partial charge in [0.15, 0.2) is 0 Å². The SMILES string of the molecule is CCNCc1cc(C)ccc1OC(C)C(C)O. The number of aryl methyl sites for hydroxylation is 1. The van der Waals surface area contributed by atoms with E-state index in [0.717, 1.165) is 24.4 Å². The first-order valence-electron chi connectivity index (χ1n) is 6.19. The van der Waals surface area contributed by atoms with Crippen molar-refractivity contribution in [2.45, 2.75) is 46.4 Å². The Morgan fingerprint density at radius 3 is 2.65 bits per heavy atom. The van der Waals surface area contributed by atoms with Crippen molar-refractivity contribution in [2.75, 3.05) is 6.54 Å². The Morgan fingerprint density at radius 2 is 2.06 bits per heavy atom. The third-order valence-electron chi connectivity index (χ3n) is 2.77. The summed E-state index contributed by atoms with van der Waals surface area (Å²) in [5, 5.41) is 12.8. The Kier molecular flexibility index (Phi) is 5.45. The number of aliphatic hydroxyl groups excluding tert-OH is 1. The Labute approximate surface area is 104 Å². The van der Waals surface area contributed by atoms with E-state index in [4.69, 9.17) is 4.74 Å². The van der Waals surface area contributed by atoms with Gasteiger partial charge in [-0.1, -0.05) is 24.6 Å². The minimum Gasteiger partial charge on any atom is -0.488 e. The zero-order chi connectivity index (χ0) is 12.8. The zero-order valence-corrected chi connectivity index (χ0v) is 11.2. The average Bonchev–Trinajstić information content (AvgIpc) is 2.29. The number of benzene rings is 1. The third-order valence-corrected chi connectivity index (χ3v) is 2.77. The largest absolute Gasteiger partial charge is 0.488 e. The van der Waals surface area contributed by atoms with Crippen LogP contribution in [0, 0.1) is 6.92 Å². The van der Waals surface area contributed by atoms with E-state index in [-0.39, 0.29) is 6.10 Å². The van der Waals surface area contributed by atoms with Gasteiger partial charge < -0.3 is 15.2 Å².